The minimum Gasteiger partial charge on any atom is -0.465 e. The molecule has 1 aliphatic heterocycles. The van der Waals surface area contributed by atoms with E-state index in [1.165, 1.54) is 23.0 Å². The van der Waals surface area contributed by atoms with E-state index >= 15 is 0 Å². The summed E-state index contributed by atoms with van der Waals surface area (Å²) in [6.45, 7) is 3.69. The fourth-order valence-corrected chi connectivity index (χ4v) is 5.46. The maximum atomic E-state index is 13.7. The van der Waals surface area contributed by atoms with Crippen molar-refractivity contribution in [2.75, 3.05) is 13.7 Å². The molecule has 2 aromatic carbocycles. The first-order valence-electron chi connectivity index (χ1n) is 11.9. The highest BCUT2D eigenvalue weighted by molar-refractivity contribution is 7.07. The van der Waals surface area contributed by atoms with Gasteiger partial charge in [-0.1, -0.05) is 59.9 Å². The van der Waals surface area contributed by atoms with Crippen molar-refractivity contribution < 1.29 is 23.5 Å². The zero-order chi connectivity index (χ0) is 26.8. The highest BCUT2D eigenvalue weighted by Crippen LogP contribution is 2.31. The number of hydrogen-bond donors (Lipinski definition) is 0. The first-order valence-corrected chi connectivity index (χ1v) is 12.8. The Hall–Kier alpha value is -4.50. The molecule has 0 N–H and O–H groups in total. The summed E-state index contributed by atoms with van der Waals surface area (Å²) in [5.74, 6) is -0.0764. The molecule has 1 atom stereocenters. The second-order valence-electron chi connectivity index (χ2n) is 8.45. The smallest absolute Gasteiger partial charge is 0.338 e. The van der Waals surface area contributed by atoms with Crippen LogP contribution in [-0.2, 0) is 14.3 Å². The highest BCUT2D eigenvalue weighted by Gasteiger charge is 2.33. The third-order valence-corrected chi connectivity index (χ3v) is 7.11. The predicted molar refractivity (Wildman–Crippen MR) is 142 cm³/mol. The third kappa shape index (κ3) is 4.52. The van der Waals surface area contributed by atoms with E-state index in [-0.39, 0.29) is 12.2 Å². The van der Waals surface area contributed by atoms with Gasteiger partial charge in [-0.2, -0.15) is 0 Å². The summed E-state index contributed by atoms with van der Waals surface area (Å²) in [4.78, 5) is 43.9. The average Bonchev–Trinajstić information content (AvgIpc) is 3.52. The van der Waals surface area contributed by atoms with E-state index in [4.69, 9.17) is 13.9 Å². The van der Waals surface area contributed by atoms with Gasteiger partial charge in [0.15, 0.2) is 4.80 Å². The van der Waals surface area contributed by atoms with Crippen molar-refractivity contribution in [2.45, 2.75) is 19.9 Å². The molecule has 0 unspecified atom stereocenters. The Balaban J connectivity index is 1.62. The molecule has 0 saturated carbocycles. The van der Waals surface area contributed by atoms with Gasteiger partial charge in [-0.3, -0.25) is 9.36 Å². The van der Waals surface area contributed by atoms with Crippen LogP contribution in [0.25, 0.3) is 17.4 Å². The quantitative estimate of drug-likeness (QED) is 0.353. The average molecular weight is 529 g/mol. The summed E-state index contributed by atoms with van der Waals surface area (Å²) in [7, 11) is 1.32. The highest BCUT2D eigenvalue weighted by atomic mass is 32.1. The lowest BCUT2D eigenvalue weighted by atomic mass is 9.96. The van der Waals surface area contributed by atoms with E-state index in [1.807, 2.05) is 30.3 Å². The van der Waals surface area contributed by atoms with Crippen LogP contribution in [0.5, 0.6) is 0 Å². The Kier molecular flexibility index (Phi) is 6.93. The number of allylic oxidation sites excluding steroid dienone is 1. The summed E-state index contributed by atoms with van der Waals surface area (Å²) in [5, 5.41) is 0. The second kappa shape index (κ2) is 10.5. The minimum atomic E-state index is -0.673. The van der Waals surface area contributed by atoms with Gasteiger partial charge in [0.25, 0.3) is 5.56 Å². The Bertz CT molecular complexity index is 1740. The molecule has 9 heteroatoms. The van der Waals surface area contributed by atoms with Gasteiger partial charge < -0.3 is 13.9 Å². The van der Waals surface area contributed by atoms with Crippen molar-refractivity contribution in [1.82, 2.24) is 4.57 Å². The Labute approximate surface area is 221 Å². The molecule has 4 aromatic rings. The Morgan fingerprint density at radius 1 is 1.05 bits per heavy atom. The number of hydrogen-bond acceptors (Lipinski definition) is 8. The number of thiazole rings is 1. The molecular weight excluding hydrogens is 504 g/mol. The predicted octanol–water partition coefficient (Wildman–Crippen LogP) is 3.84. The number of esters is 2. The standard InChI is InChI=1S/C29H24N2O6S/c1-4-36-28(34)24-17(2)30-29-31(25(24)18-10-6-5-7-11-18)26(32)23(38-29)16-19-14-15-22(37-19)20-12-8-9-13-21(20)27(33)35-3/h5-16,25H,4H2,1-3H3/b23-16-/t25-/m0/s1. The molecule has 2 aromatic heterocycles. The number of fused-ring (bicyclic) bond motifs is 1. The number of ether oxygens (including phenoxy) is 2. The zero-order valence-corrected chi connectivity index (χ0v) is 21.8. The molecule has 38 heavy (non-hydrogen) atoms. The molecule has 0 saturated heterocycles. The molecule has 0 radical (unpaired) electrons. The summed E-state index contributed by atoms with van der Waals surface area (Å²) < 4.78 is 18.1. The molecule has 1 aliphatic rings. The van der Waals surface area contributed by atoms with E-state index in [1.54, 1.807) is 56.3 Å². The van der Waals surface area contributed by atoms with Gasteiger partial charge in [0.2, 0.25) is 0 Å². The number of furan rings is 1. The van der Waals surface area contributed by atoms with Crippen LogP contribution in [0.15, 0.2) is 92.2 Å². The zero-order valence-electron chi connectivity index (χ0n) is 21.0. The van der Waals surface area contributed by atoms with Crippen LogP contribution in [0.3, 0.4) is 0 Å². The van der Waals surface area contributed by atoms with Crippen LogP contribution >= 0.6 is 11.3 Å². The molecule has 192 valence electrons. The Morgan fingerprint density at radius 2 is 1.79 bits per heavy atom. The van der Waals surface area contributed by atoms with E-state index in [0.717, 1.165) is 5.56 Å². The number of aromatic nitrogens is 1. The van der Waals surface area contributed by atoms with Crippen LogP contribution in [0.2, 0.25) is 0 Å². The number of nitrogens with zero attached hydrogens (tertiary/aromatic N) is 2. The molecule has 0 fully saturated rings. The van der Waals surface area contributed by atoms with Gasteiger partial charge in [0, 0.05) is 11.6 Å². The minimum absolute atomic E-state index is 0.210. The number of benzene rings is 2. The lowest BCUT2D eigenvalue weighted by Crippen LogP contribution is -2.39. The summed E-state index contributed by atoms with van der Waals surface area (Å²) in [6.07, 6.45) is 1.64. The fraction of sp³-hybridized carbons (Fsp3) is 0.172. The summed E-state index contributed by atoms with van der Waals surface area (Å²) >= 11 is 1.21. The van der Waals surface area contributed by atoms with Gasteiger partial charge in [-0.15, -0.1) is 0 Å². The molecule has 3 heterocycles. The summed E-state index contributed by atoms with van der Waals surface area (Å²) in [6, 6.07) is 19.1. The van der Waals surface area contributed by atoms with Crippen molar-refractivity contribution in [3.05, 3.63) is 115 Å². The SMILES string of the molecule is CCOC(=O)C1=C(C)N=c2s/c(=C\c3ccc(-c4ccccc4C(=O)OC)o3)c(=O)n2[C@H]1c1ccccc1. The first kappa shape index (κ1) is 25.2. The van der Waals surface area contributed by atoms with E-state index in [0.29, 0.717) is 43.3 Å². The number of rotatable bonds is 6. The van der Waals surface area contributed by atoms with E-state index in [2.05, 4.69) is 4.99 Å². The molecule has 5 rings (SSSR count). The van der Waals surface area contributed by atoms with Crippen LogP contribution in [0.1, 0.15) is 41.6 Å². The third-order valence-electron chi connectivity index (χ3n) is 6.13. The lowest BCUT2D eigenvalue weighted by Gasteiger charge is -2.24. The van der Waals surface area contributed by atoms with Gasteiger partial charge in [-0.25, -0.2) is 14.6 Å². The lowest BCUT2D eigenvalue weighted by molar-refractivity contribution is -0.139. The first-order chi connectivity index (χ1) is 18.4. The van der Waals surface area contributed by atoms with Crippen LogP contribution in [0.4, 0.5) is 0 Å². The van der Waals surface area contributed by atoms with Crippen molar-refractivity contribution in [2.24, 2.45) is 4.99 Å². The molecule has 8 nitrogen and oxygen atoms in total. The van der Waals surface area contributed by atoms with Crippen molar-refractivity contribution in [1.29, 1.82) is 0 Å². The maximum absolute atomic E-state index is 13.7. The fourth-order valence-electron chi connectivity index (χ4n) is 4.43. The summed E-state index contributed by atoms with van der Waals surface area (Å²) in [5.41, 5.74) is 2.27. The number of carbonyl (C=O) groups excluding carboxylic acids is 2. The monoisotopic (exact) mass is 528 g/mol. The van der Waals surface area contributed by atoms with Gasteiger partial charge in [0.1, 0.15) is 11.5 Å². The van der Waals surface area contributed by atoms with Gasteiger partial charge in [-0.05, 0) is 37.6 Å². The number of carbonyl (C=O) groups is 2. The molecular formula is C29H24N2O6S. The van der Waals surface area contributed by atoms with Crippen LogP contribution < -0.4 is 14.9 Å². The van der Waals surface area contributed by atoms with Crippen molar-refractivity contribution in [3.63, 3.8) is 0 Å². The molecule has 0 spiro atoms. The normalized spacial score (nSPS) is 15.1. The van der Waals surface area contributed by atoms with Crippen LogP contribution in [-0.4, -0.2) is 30.2 Å². The second-order valence-corrected chi connectivity index (χ2v) is 9.46. The maximum Gasteiger partial charge on any atom is 0.338 e. The van der Waals surface area contributed by atoms with Crippen molar-refractivity contribution in [3.8, 4) is 11.3 Å². The topological polar surface area (TPSA) is 100 Å². The molecule has 0 aliphatic carbocycles. The molecule has 0 amide bonds. The van der Waals surface area contributed by atoms with E-state index < -0.39 is 18.0 Å². The van der Waals surface area contributed by atoms with E-state index in [9.17, 15) is 14.4 Å². The van der Waals surface area contributed by atoms with Gasteiger partial charge in [0.05, 0.1) is 41.1 Å². The van der Waals surface area contributed by atoms with Crippen molar-refractivity contribution >= 4 is 29.4 Å². The largest absolute Gasteiger partial charge is 0.465 e. The van der Waals surface area contributed by atoms with Crippen LogP contribution in [0, 0.1) is 0 Å². The Morgan fingerprint density at radius 3 is 2.53 bits per heavy atom. The van der Waals surface area contributed by atoms with Gasteiger partial charge >= 0.3 is 11.9 Å². The number of methoxy groups -OCH3 is 1. The molecule has 0 bridgehead atoms.